The first-order chi connectivity index (χ1) is 8.13. The molecule has 0 unspecified atom stereocenters. The van der Waals surface area contributed by atoms with Crippen molar-refractivity contribution >= 4 is 28.3 Å². The Labute approximate surface area is 102 Å². The molecule has 0 spiro atoms. The number of ether oxygens (including phenoxy) is 1. The highest BCUT2D eigenvalue weighted by molar-refractivity contribution is 7.17. The summed E-state index contributed by atoms with van der Waals surface area (Å²) in [6.07, 6.45) is 1.25. The molecule has 0 saturated heterocycles. The van der Waals surface area contributed by atoms with Gasteiger partial charge < -0.3 is 20.5 Å². The van der Waals surface area contributed by atoms with Gasteiger partial charge in [0.25, 0.3) is 0 Å². The van der Waals surface area contributed by atoms with E-state index >= 15 is 0 Å². The number of methoxy groups -OCH3 is 1. The molecule has 1 rings (SSSR count). The Morgan fingerprint density at radius 3 is 2.94 bits per heavy atom. The van der Waals surface area contributed by atoms with Crippen LogP contribution in [-0.2, 0) is 9.53 Å². The van der Waals surface area contributed by atoms with E-state index in [2.05, 4.69) is 15.6 Å². The Morgan fingerprint density at radius 2 is 2.35 bits per heavy atom. The number of carboxylic acids is 1. The second-order valence-electron chi connectivity index (χ2n) is 3.03. The van der Waals surface area contributed by atoms with E-state index in [1.807, 2.05) is 0 Å². The first-order valence-electron chi connectivity index (χ1n) is 4.82. The maximum atomic E-state index is 11.3. The second-order valence-corrected chi connectivity index (χ2v) is 4.06. The number of carboxylic acid groups (broad SMARTS) is 1. The molecule has 1 aromatic rings. The zero-order chi connectivity index (χ0) is 12.7. The summed E-state index contributed by atoms with van der Waals surface area (Å²) in [6.45, 7) is 0.942. The number of carbonyl (C=O) groups excluding carboxylic acids is 1. The summed E-state index contributed by atoms with van der Waals surface area (Å²) in [5.74, 6) is -1.23. The van der Waals surface area contributed by atoms with Gasteiger partial charge in [-0.15, -0.1) is 0 Å². The second kappa shape index (κ2) is 6.81. The molecule has 0 radical (unpaired) electrons. The number of aromatic carboxylic acids is 1. The van der Waals surface area contributed by atoms with Crippen LogP contribution < -0.4 is 10.6 Å². The summed E-state index contributed by atoms with van der Waals surface area (Å²) < 4.78 is 4.77. The van der Waals surface area contributed by atoms with E-state index in [1.54, 1.807) is 7.11 Å². The molecular formula is C9H13N3O4S. The number of hydrogen-bond acceptors (Lipinski definition) is 6. The van der Waals surface area contributed by atoms with Gasteiger partial charge in [-0.2, -0.15) is 0 Å². The minimum absolute atomic E-state index is 0.0519. The lowest BCUT2D eigenvalue weighted by atomic mass is 10.5. The molecule has 0 atom stereocenters. The molecule has 0 aliphatic carbocycles. The van der Waals surface area contributed by atoms with Crippen LogP contribution in [0, 0.1) is 0 Å². The van der Waals surface area contributed by atoms with Gasteiger partial charge in [-0.25, -0.2) is 9.78 Å². The molecule has 17 heavy (non-hydrogen) atoms. The zero-order valence-corrected chi connectivity index (χ0v) is 10.0. The van der Waals surface area contributed by atoms with E-state index in [9.17, 15) is 9.59 Å². The summed E-state index contributed by atoms with van der Waals surface area (Å²) in [5, 5.41) is 14.4. The zero-order valence-electron chi connectivity index (χ0n) is 9.23. The number of hydrogen-bond donors (Lipinski definition) is 3. The average molecular weight is 259 g/mol. The summed E-state index contributed by atoms with van der Waals surface area (Å²) >= 11 is 0.985. The maximum Gasteiger partial charge on any atom is 0.347 e. The molecule has 0 saturated carbocycles. The third-order valence-electron chi connectivity index (χ3n) is 1.75. The monoisotopic (exact) mass is 259 g/mol. The SMILES string of the molecule is COCCNC(=O)CNc1ncc(C(=O)O)s1. The molecule has 8 heteroatoms. The van der Waals surface area contributed by atoms with Gasteiger partial charge in [-0.1, -0.05) is 11.3 Å². The lowest BCUT2D eigenvalue weighted by molar-refractivity contribution is -0.119. The predicted molar refractivity (Wildman–Crippen MR) is 62.4 cm³/mol. The van der Waals surface area contributed by atoms with Gasteiger partial charge in [0.05, 0.1) is 19.3 Å². The largest absolute Gasteiger partial charge is 0.477 e. The van der Waals surface area contributed by atoms with Crippen LogP contribution in [0.4, 0.5) is 5.13 Å². The van der Waals surface area contributed by atoms with Crippen LogP contribution in [0.25, 0.3) is 0 Å². The number of nitrogens with one attached hydrogen (secondary N) is 2. The topological polar surface area (TPSA) is 101 Å². The number of amides is 1. The molecule has 0 aromatic carbocycles. The van der Waals surface area contributed by atoms with Crippen LogP contribution in [-0.4, -0.2) is 48.8 Å². The van der Waals surface area contributed by atoms with Gasteiger partial charge in [0.2, 0.25) is 5.91 Å². The fourth-order valence-corrected chi connectivity index (χ4v) is 1.62. The van der Waals surface area contributed by atoms with Crippen molar-refractivity contribution in [2.45, 2.75) is 0 Å². The number of thiazole rings is 1. The number of anilines is 1. The van der Waals surface area contributed by atoms with E-state index in [0.717, 1.165) is 11.3 Å². The minimum Gasteiger partial charge on any atom is -0.477 e. The molecule has 0 aliphatic rings. The average Bonchev–Trinajstić information content (AvgIpc) is 2.75. The maximum absolute atomic E-state index is 11.3. The third kappa shape index (κ3) is 4.79. The standard InChI is InChI=1S/C9H13N3O4S/c1-16-3-2-10-7(13)5-12-9-11-4-6(17-9)8(14)15/h4H,2-3,5H2,1H3,(H,10,13)(H,11,12)(H,14,15). The van der Waals surface area contributed by atoms with Crippen molar-refractivity contribution < 1.29 is 19.4 Å². The fourth-order valence-electron chi connectivity index (χ4n) is 0.966. The summed E-state index contributed by atoms with van der Waals surface area (Å²) in [7, 11) is 1.55. The number of rotatable bonds is 7. The van der Waals surface area contributed by atoms with E-state index < -0.39 is 5.97 Å². The van der Waals surface area contributed by atoms with Gasteiger partial charge >= 0.3 is 5.97 Å². The van der Waals surface area contributed by atoms with Gasteiger partial charge in [0, 0.05) is 13.7 Å². The van der Waals surface area contributed by atoms with Gasteiger partial charge in [-0.3, -0.25) is 4.79 Å². The van der Waals surface area contributed by atoms with Crippen molar-refractivity contribution in [1.29, 1.82) is 0 Å². The molecule has 1 heterocycles. The van der Waals surface area contributed by atoms with Crippen LogP contribution in [0.1, 0.15) is 9.67 Å². The van der Waals surface area contributed by atoms with Crippen molar-refractivity contribution in [1.82, 2.24) is 10.3 Å². The van der Waals surface area contributed by atoms with E-state index in [0.29, 0.717) is 18.3 Å². The smallest absolute Gasteiger partial charge is 0.347 e. The lowest BCUT2D eigenvalue weighted by Gasteiger charge is -2.04. The van der Waals surface area contributed by atoms with Crippen LogP contribution in [0.3, 0.4) is 0 Å². The van der Waals surface area contributed by atoms with Crippen molar-refractivity contribution in [2.24, 2.45) is 0 Å². The Balaban J connectivity index is 2.29. The molecule has 1 amide bonds. The van der Waals surface area contributed by atoms with Crippen LogP contribution in [0.5, 0.6) is 0 Å². The molecule has 94 valence electrons. The first-order valence-corrected chi connectivity index (χ1v) is 5.63. The third-order valence-corrected chi connectivity index (χ3v) is 2.69. The van der Waals surface area contributed by atoms with Crippen LogP contribution in [0.15, 0.2) is 6.20 Å². The Morgan fingerprint density at radius 1 is 1.59 bits per heavy atom. The molecule has 7 nitrogen and oxygen atoms in total. The highest BCUT2D eigenvalue weighted by Gasteiger charge is 2.08. The van der Waals surface area contributed by atoms with E-state index in [-0.39, 0.29) is 17.3 Å². The quantitative estimate of drug-likeness (QED) is 0.597. The molecule has 0 fully saturated rings. The summed E-state index contributed by atoms with van der Waals surface area (Å²) in [4.78, 5) is 25.8. The van der Waals surface area contributed by atoms with Gasteiger partial charge in [0.1, 0.15) is 4.88 Å². The van der Waals surface area contributed by atoms with Gasteiger partial charge in [-0.05, 0) is 0 Å². The lowest BCUT2D eigenvalue weighted by Crippen LogP contribution is -2.32. The highest BCUT2D eigenvalue weighted by atomic mass is 32.1. The number of nitrogens with zero attached hydrogens (tertiary/aromatic N) is 1. The van der Waals surface area contributed by atoms with Crippen molar-refractivity contribution in [2.75, 3.05) is 32.1 Å². The first kappa shape index (κ1) is 13.4. The van der Waals surface area contributed by atoms with Gasteiger partial charge in [0.15, 0.2) is 5.13 Å². The normalized spacial score (nSPS) is 9.94. The number of carbonyl (C=O) groups is 2. The van der Waals surface area contributed by atoms with E-state index in [1.165, 1.54) is 6.20 Å². The predicted octanol–water partition coefficient (Wildman–Crippen LogP) is 0.0158. The van der Waals surface area contributed by atoms with E-state index in [4.69, 9.17) is 9.84 Å². The van der Waals surface area contributed by atoms with Crippen LogP contribution in [0.2, 0.25) is 0 Å². The Hall–Kier alpha value is -1.67. The Kier molecular flexibility index (Phi) is 5.37. The molecule has 1 aromatic heterocycles. The number of aromatic nitrogens is 1. The molecule has 3 N–H and O–H groups in total. The molecule has 0 bridgehead atoms. The minimum atomic E-state index is -1.03. The Bertz CT molecular complexity index is 393. The van der Waals surface area contributed by atoms with Crippen molar-refractivity contribution in [3.63, 3.8) is 0 Å². The van der Waals surface area contributed by atoms with Crippen molar-refractivity contribution in [3.8, 4) is 0 Å². The summed E-state index contributed by atoms with van der Waals surface area (Å²) in [5.41, 5.74) is 0. The molecular weight excluding hydrogens is 246 g/mol. The fraction of sp³-hybridized carbons (Fsp3) is 0.444. The summed E-state index contributed by atoms with van der Waals surface area (Å²) in [6, 6.07) is 0. The molecule has 0 aliphatic heterocycles. The highest BCUT2D eigenvalue weighted by Crippen LogP contribution is 2.17. The van der Waals surface area contributed by atoms with Crippen molar-refractivity contribution in [3.05, 3.63) is 11.1 Å². The van der Waals surface area contributed by atoms with Crippen LogP contribution >= 0.6 is 11.3 Å².